The van der Waals surface area contributed by atoms with E-state index in [0.717, 1.165) is 5.56 Å². The molecule has 30 heavy (non-hydrogen) atoms. The van der Waals surface area contributed by atoms with Gasteiger partial charge < -0.3 is 15.3 Å². The molecule has 2 unspecified atom stereocenters. The number of likely N-dealkylation sites (N-methyl/N-ethyl adjacent to an activating group) is 1. The molecule has 1 saturated heterocycles. The minimum Gasteiger partial charge on any atom is -0.391 e. The summed E-state index contributed by atoms with van der Waals surface area (Å²) in [7, 11) is 1.49. The molecule has 0 aromatic carbocycles. The first-order chi connectivity index (χ1) is 14.0. The smallest absolute Gasteiger partial charge is 0.248 e. The monoisotopic (exact) mass is 418 g/mol. The summed E-state index contributed by atoms with van der Waals surface area (Å²) in [5.74, 6) is -1.36. The molecule has 0 radical (unpaired) electrons. The molecule has 162 valence electrons. The first kappa shape index (κ1) is 21.8. The first-order valence-corrected chi connectivity index (χ1v) is 9.77. The average molecular weight is 418 g/mol. The number of aromatic nitrogens is 4. The summed E-state index contributed by atoms with van der Waals surface area (Å²) in [6.07, 6.45) is 2.32. The van der Waals surface area contributed by atoms with Crippen molar-refractivity contribution in [1.82, 2.24) is 30.2 Å². The Morgan fingerprint density at radius 2 is 2.07 bits per heavy atom. The number of aryl methyl sites for hydroxylation is 1. The van der Waals surface area contributed by atoms with Gasteiger partial charge in [0.2, 0.25) is 17.8 Å². The maximum Gasteiger partial charge on any atom is 0.248 e. The molecule has 2 N–H and O–H groups in total. The minimum absolute atomic E-state index is 0.0570. The molecule has 1 aliphatic heterocycles. The van der Waals surface area contributed by atoms with Gasteiger partial charge in [0.15, 0.2) is 0 Å². The van der Waals surface area contributed by atoms with Gasteiger partial charge in [-0.15, -0.1) is 5.10 Å². The van der Waals surface area contributed by atoms with Gasteiger partial charge in [0.25, 0.3) is 0 Å². The zero-order chi connectivity index (χ0) is 22.2. The number of hydrogen-bond acceptors (Lipinski definition) is 6. The number of amides is 2. The molecule has 0 spiro atoms. The van der Waals surface area contributed by atoms with Gasteiger partial charge in [-0.1, -0.05) is 26.0 Å². The Morgan fingerprint density at radius 1 is 1.37 bits per heavy atom. The maximum atomic E-state index is 14.2. The van der Waals surface area contributed by atoms with Gasteiger partial charge >= 0.3 is 0 Å². The summed E-state index contributed by atoms with van der Waals surface area (Å²) in [4.78, 5) is 30.8. The number of hydrogen-bond donors (Lipinski definition) is 2. The highest BCUT2D eigenvalue weighted by Crippen LogP contribution is 2.35. The van der Waals surface area contributed by atoms with Crippen LogP contribution in [0, 0.1) is 18.3 Å². The number of pyridine rings is 1. The number of carbonyl (C=O) groups is 2. The molecule has 2 amide bonds. The molecule has 3 atom stereocenters. The number of aliphatic hydroxyl groups is 1. The third-order valence-electron chi connectivity index (χ3n) is 5.19. The summed E-state index contributed by atoms with van der Waals surface area (Å²) >= 11 is 0. The van der Waals surface area contributed by atoms with Crippen LogP contribution in [0.4, 0.5) is 4.39 Å². The quantitative estimate of drug-likeness (QED) is 0.719. The molecule has 1 fully saturated rings. The summed E-state index contributed by atoms with van der Waals surface area (Å²) in [5.41, 5.74) is 0.631. The van der Waals surface area contributed by atoms with Gasteiger partial charge in [-0.25, -0.2) is 9.67 Å². The Hall–Kier alpha value is -2.88. The molecule has 0 aliphatic carbocycles. The Morgan fingerprint density at radius 3 is 2.70 bits per heavy atom. The molecule has 3 heterocycles. The van der Waals surface area contributed by atoms with E-state index < -0.39 is 29.6 Å². The van der Waals surface area contributed by atoms with Crippen molar-refractivity contribution in [2.75, 3.05) is 13.6 Å². The largest absolute Gasteiger partial charge is 0.391 e. The van der Waals surface area contributed by atoms with Gasteiger partial charge in [0, 0.05) is 26.2 Å². The molecule has 9 nitrogen and oxygen atoms in total. The predicted octanol–water partition coefficient (Wildman–Crippen LogP) is 1.08. The van der Waals surface area contributed by atoms with Crippen LogP contribution >= 0.6 is 0 Å². The van der Waals surface area contributed by atoms with Crippen LogP contribution < -0.4 is 5.32 Å². The third-order valence-corrected chi connectivity index (χ3v) is 5.19. The molecule has 3 rings (SSSR count). The number of halogens is 1. The van der Waals surface area contributed by atoms with E-state index in [4.69, 9.17) is 0 Å². The van der Waals surface area contributed by atoms with Crippen molar-refractivity contribution in [3.05, 3.63) is 30.0 Å². The summed E-state index contributed by atoms with van der Waals surface area (Å²) in [6, 6.07) is 0.0454. The Balaban J connectivity index is 1.98. The van der Waals surface area contributed by atoms with Gasteiger partial charge in [-0.05, 0) is 24.0 Å². The van der Waals surface area contributed by atoms with Crippen LogP contribution in [0.1, 0.15) is 38.8 Å². The molecule has 0 bridgehead atoms. The van der Waals surface area contributed by atoms with Crippen LogP contribution in [0.3, 0.4) is 0 Å². The molecule has 0 saturated carbocycles. The average Bonchev–Trinajstić information content (AvgIpc) is 3.29. The highest BCUT2D eigenvalue weighted by atomic mass is 19.1. The van der Waals surface area contributed by atoms with Gasteiger partial charge in [-0.2, -0.15) is 4.39 Å². The van der Waals surface area contributed by atoms with Gasteiger partial charge in [0.05, 0.1) is 17.9 Å². The Kier molecular flexibility index (Phi) is 5.89. The molecule has 2 aromatic rings. The number of carbonyl (C=O) groups excluding carboxylic acids is 2. The normalized spacial score (nSPS) is 20.3. The van der Waals surface area contributed by atoms with E-state index in [1.807, 2.05) is 20.8 Å². The zero-order valence-electron chi connectivity index (χ0n) is 17.8. The predicted molar refractivity (Wildman–Crippen MR) is 107 cm³/mol. The number of nitrogens with zero attached hydrogens (tertiary/aromatic N) is 5. The van der Waals surface area contributed by atoms with Crippen molar-refractivity contribution < 1.29 is 19.1 Å². The van der Waals surface area contributed by atoms with E-state index in [0.29, 0.717) is 0 Å². The zero-order valence-corrected chi connectivity index (χ0v) is 17.8. The summed E-state index contributed by atoms with van der Waals surface area (Å²) in [6.45, 7) is 7.45. The molecule has 10 heteroatoms. The molecule has 2 aromatic heterocycles. The van der Waals surface area contributed by atoms with E-state index >= 15 is 0 Å². The molecular weight excluding hydrogens is 391 g/mol. The van der Waals surface area contributed by atoms with Gasteiger partial charge in [-0.3, -0.25) is 9.59 Å². The van der Waals surface area contributed by atoms with E-state index in [-0.39, 0.29) is 36.0 Å². The lowest BCUT2D eigenvalue weighted by molar-refractivity contribution is -0.144. The van der Waals surface area contributed by atoms with Crippen molar-refractivity contribution in [1.29, 1.82) is 0 Å². The van der Waals surface area contributed by atoms with Crippen molar-refractivity contribution in [3.63, 3.8) is 0 Å². The minimum atomic E-state index is -0.808. The summed E-state index contributed by atoms with van der Waals surface area (Å²) in [5, 5.41) is 20.8. The fourth-order valence-corrected chi connectivity index (χ4v) is 3.77. The lowest BCUT2D eigenvalue weighted by Gasteiger charge is -2.34. The highest BCUT2D eigenvalue weighted by Gasteiger charge is 2.45. The van der Waals surface area contributed by atoms with Crippen LogP contribution in [-0.4, -0.2) is 67.5 Å². The maximum absolute atomic E-state index is 14.2. The lowest BCUT2D eigenvalue weighted by Crippen LogP contribution is -2.49. The van der Waals surface area contributed by atoms with Crippen molar-refractivity contribution in [2.24, 2.45) is 5.41 Å². The number of rotatable bonds is 4. The van der Waals surface area contributed by atoms with E-state index in [9.17, 15) is 19.1 Å². The van der Waals surface area contributed by atoms with Crippen LogP contribution in [0.15, 0.2) is 18.5 Å². The standard InChI is InChI=1S/C20H27FN6O3/c1-11-6-13(17(21)23-8-11)14-10-27(25-24-14)16(20(2,3)4)19(30)26-9-12(28)7-15(26)18(29)22-5/h6,8,10,12,15-16,28H,7,9H2,1-5H3,(H,22,29)/t12?,15?,16-/m1/s1. The van der Waals surface area contributed by atoms with E-state index in [1.54, 1.807) is 13.0 Å². The molecular formula is C20H27FN6O3. The third kappa shape index (κ3) is 4.18. The van der Waals surface area contributed by atoms with Crippen LogP contribution in [-0.2, 0) is 9.59 Å². The second-order valence-electron chi connectivity index (χ2n) is 8.71. The number of aliphatic hydroxyl groups excluding tert-OH is 1. The van der Waals surface area contributed by atoms with Crippen LogP contribution in [0.25, 0.3) is 11.3 Å². The Labute approximate surface area is 174 Å². The topological polar surface area (TPSA) is 113 Å². The van der Waals surface area contributed by atoms with Crippen molar-refractivity contribution in [3.8, 4) is 11.3 Å². The van der Waals surface area contributed by atoms with Crippen molar-refractivity contribution >= 4 is 11.8 Å². The number of nitrogens with one attached hydrogen (secondary N) is 1. The lowest BCUT2D eigenvalue weighted by atomic mass is 9.85. The molecule has 1 aliphatic rings. The van der Waals surface area contributed by atoms with Crippen LogP contribution in [0.2, 0.25) is 0 Å². The van der Waals surface area contributed by atoms with Crippen LogP contribution in [0.5, 0.6) is 0 Å². The SMILES string of the molecule is CNC(=O)C1CC(O)CN1C(=O)[C@@H](n1cc(-c2cc(C)cnc2F)nn1)C(C)(C)C. The van der Waals surface area contributed by atoms with Crippen molar-refractivity contribution in [2.45, 2.75) is 52.3 Å². The number of likely N-dealkylation sites (tertiary alicyclic amines) is 1. The summed E-state index contributed by atoms with van der Waals surface area (Å²) < 4.78 is 15.6. The Bertz CT molecular complexity index is 954. The van der Waals surface area contributed by atoms with Gasteiger partial charge in [0.1, 0.15) is 17.8 Å². The van der Waals surface area contributed by atoms with E-state index in [2.05, 4.69) is 20.6 Å². The second kappa shape index (κ2) is 8.10. The van der Waals surface area contributed by atoms with E-state index in [1.165, 1.54) is 29.0 Å². The second-order valence-corrected chi connectivity index (χ2v) is 8.71. The highest BCUT2D eigenvalue weighted by molar-refractivity contribution is 5.90. The fourth-order valence-electron chi connectivity index (χ4n) is 3.77. The fraction of sp³-hybridized carbons (Fsp3) is 0.550. The number of β-amino-alcohol motifs (C(OH)–C–C–N with tert-alkyl or cyclic N) is 1. The first-order valence-electron chi connectivity index (χ1n) is 9.77.